The molecule has 7 nitrogen and oxygen atoms in total. The van der Waals surface area contributed by atoms with Crippen LogP contribution in [0, 0.1) is 5.92 Å². The highest BCUT2D eigenvalue weighted by Gasteiger charge is 2.27. The van der Waals surface area contributed by atoms with Crippen molar-refractivity contribution in [2.24, 2.45) is 5.92 Å². The fourth-order valence-electron chi connectivity index (χ4n) is 4.23. The maximum absolute atomic E-state index is 13.7. The first-order chi connectivity index (χ1) is 16.4. The van der Waals surface area contributed by atoms with Crippen molar-refractivity contribution >= 4 is 22.5 Å². The number of fused-ring (bicyclic) bond motifs is 1. The van der Waals surface area contributed by atoms with Crippen molar-refractivity contribution in [2.75, 3.05) is 11.9 Å². The van der Waals surface area contributed by atoms with Gasteiger partial charge in [0.05, 0.1) is 22.8 Å². The Hall–Kier alpha value is -3.07. The van der Waals surface area contributed by atoms with Gasteiger partial charge in [-0.2, -0.15) is 13.9 Å². The lowest BCUT2D eigenvalue weighted by Crippen LogP contribution is -2.28. The molecular weight excluding hydrogens is 454 g/mol. The third kappa shape index (κ3) is 6.14. The van der Waals surface area contributed by atoms with Crippen LogP contribution >= 0.6 is 0 Å². The van der Waals surface area contributed by atoms with Crippen LogP contribution in [0.5, 0.6) is 5.75 Å². The smallest absolute Gasteiger partial charge is 0.287 e. The first-order valence-corrected chi connectivity index (χ1v) is 11.9. The standard InChI is InChI=1S/C26H32F2N4O3/c1-16-8-10-18(11-9-16)32-14-17-12-21(22(13-20(17)31-32)35-15-25(2,3)34)30-24(33)19-6-5-7-23(29-19)26(4,27)28/h5-7,12-14,16,18,34H,8-11,15H2,1-4H3,(H,30,33)/t16-,18-. The topological polar surface area (TPSA) is 89.3 Å². The van der Waals surface area contributed by atoms with Crippen LogP contribution in [-0.2, 0) is 5.92 Å². The Balaban J connectivity index is 1.65. The van der Waals surface area contributed by atoms with E-state index >= 15 is 0 Å². The van der Waals surface area contributed by atoms with E-state index in [1.54, 1.807) is 26.0 Å². The van der Waals surface area contributed by atoms with E-state index in [9.17, 15) is 18.7 Å². The number of pyridine rings is 1. The molecule has 0 aliphatic heterocycles. The number of alkyl halides is 2. The summed E-state index contributed by atoms with van der Waals surface area (Å²) >= 11 is 0. The Morgan fingerprint density at radius 3 is 2.57 bits per heavy atom. The molecule has 1 aliphatic rings. The van der Waals surface area contributed by atoms with Crippen molar-refractivity contribution in [3.63, 3.8) is 0 Å². The molecule has 1 fully saturated rings. The lowest BCUT2D eigenvalue weighted by molar-refractivity contribution is 0.0126. The molecule has 9 heteroatoms. The van der Waals surface area contributed by atoms with E-state index in [4.69, 9.17) is 9.84 Å². The van der Waals surface area contributed by atoms with Gasteiger partial charge in [0, 0.05) is 24.6 Å². The molecule has 0 saturated heterocycles. The van der Waals surface area contributed by atoms with Crippen LogP contribution in [-0.4, -0.2) is 38.0 Å². The van der Waals surface area contributed by atoms with E-state index in [0.717, 1.165) is 43.9 Å². The molecule has 0 unspecified atom stereocenters. The van der Waals surface area contributed by atoms with Crippen LogP contribution in [0.25, 0.3) is 10.9 Å². The number of amides is 1. The third-order valence-electron chi connectivity index (χ3n) is 6.24. The molecule has 0 radical (unpaired) electrons. The number of aromatic nitrogens is 3. The lowest BCUT2D eigenvalue weighted by Gasteiger charge is -2.26. The summed E-state index contributed by atoms with van der Waals surface area (Å²) in [4.78, 5) is 16.8. The second-order valence-corrected chi connectivity index (χ2v) is 10.3. The van der Waals surface area contributed by atoms with Crippen molar-refractivity contribution < 1.29 is 23.4 Å². The number of carbonyl (C=O) groups excluding carboxylic acids is 1. The molecule has 1 saturated carbocycles. The Kier molecular flexibility index (Phi) is 6.81. The van der Waals surface area contributed by atoms with Crippen molar-refractivity contribution in [3.8, 4) is 5.75 Å². The average Bonchev–Trinajstić information content (AvgIpc) is 3.19. The van der Waals surface area contributed by atoms with Crippen molar-refractivity contribution in [1.82, 2.24) is 14.8 Å². The van der Waals surface area contributed by atoms with E-state index in [-0.39, 0.29) is 12.3 Å². The highest BCUT2D eigenvalue weighted by atomic mass is 19.3. The van der Waals surface area contributed by atoms with Crippen LogP contribution < -0.4 is 10.1 Å². The normalized spacial score (nSPS) is 19.1. The molecule has 0 bridgehead atoms. The van der Waals surface area contributed by atoms with Gasteiger partial charge in [-0.3, -0.25) is 9.48 Å². The van der Waals surface area contributed by atoms with E-state index in [1.165, 1.54) is 18.2 Å². The first kappa shape index (κ1) is 25.0. The molecule has 35 heavy (non-hydrogen) atoms. The number of aliphatic hydroxyl groups is 1. The molecule has 1 amide bonds. The average molecular weight is 487 g/mol. The predicted molar refractivity (Wildman–Crippen MR) is 130 cm³/mol. The molecule has 1 aliphatic carbocycles. The summed E-state index contributed by atoms with van der Waals surface area (Å²) in [5, 5.41) is 18.4. The van der Waals surface area contributed by atoms with E-state index < -0.39 is 23.1 Å². The molecule has 1 aromatic carbocycles. The van der Waals surface area contributed by atoms with Gasteiger partial charge >= 0.3 is 0 Å². The zero-order valence-corrected chi connectivity index (χ0v) is 20.5. The molecule has 0 atom stereocenters. The van der Waals surface area contributed by atoms with Crippen molar-refractivity contribution in [2.45, 2.75) is 70.9 Å². The zero-order valence-electron chi connectivity index (χ0n) is 20.5. The highest BCUT2D eigenvalue weighted by Crippen LogP contribution is 2.35. The number of ether oxygens (including phenoxy) is 1. The summed E-state index contributed by atoms with van der Waals surface area (Å²) in [7, 11) is 0. The summed E-state index contributed by atoms with van der Waals surface area (Å²) in [6.07, 6.45) is 6.40. The Labute approximate surface area is 203 Å². The van der Waals surface area contributed by atoms with Gasteiger partial charge in [-0.15, -0.1) is 0 Å². The van der Waals surface area contributed by atoms with Crippen LogP contribution in [0.1, 0.15) is 75.6 Å². The van der Waals surface area contributed by atoms with Crippen LogP contribution in [0.2, 0.25) is 0 Å². The molecule has 2 N–H and O–H groups in total. The lowest BCUT2D eigenvalue weighted by atomic mass is 9.87. The quantitative estimate of drug-likeness (QED) is 0.447. The van der Waals surface area contributed by atoms with Gasteiger partial charge in [-0.05, 0) is 63.6 Å². The van der Waals surface area contributed by atoms with Gasteiger partial charge in [0.1, 0.15) is 23.7 Å². The summed E-state index contributed by atoms with van der Waals surface area (Å²) in [5.41, 5.74) is -0.666. The number of nitrogens with zero attached hydrogens (tertiary/aromatic N) is 3. The van der Waals surface area contributed by atoms with E-state index in [1.807, 2.05) is 10.9 Å². The Morgan fingerprint density at radius 1 is 1.20 bits per heavy atom. The molecule has 0 spiro atoms. The number of hydrogen-bond acceptors (Lipinski definition) is 5. The number of carbonyl (C=O) groups is 1. The largest absolute Gasteiger partial charge is 0.488 e. The monoisotopic (exact) mass is 486 g/mol. The summed E-state index contributed by atoms with van der Waals surface area (Å²) in [6.45, 7) is 6.21. The van der Waals surface area contributed by atoms with Gasteiger partial charge < -0.3 is 15.2 Å². The summed E-state index contributed by atoms with van der Waals surface area (Å²) in [5.74, 6) is -2.76. The number of halogens is 2. The maximum atomic E-state index is 13.7. The number of nitrogens with one attached hydrogen (secondary N) is 1. The SMILES string of the molecule is CC(C)(O)COc1cc2nn([C@H]3CC[C@H](C)CC3)cc2cc1NC(=O)c1cccc(C(C)(F)F)n1. The molecule has 188 valence electrons. The predicted octanol–water partition coefficient (Wildman–Crippen LogP) is 5.70. The van der Waals surface area contributed by atoms with Gasteiger partial charge in [0.25, 0.3) is 11.8 Å². The summed E-state index contributed by atoms with van der Waals surface area (Å²) in [6, 6.07) is 7.73. The molecule has 2 aromatic heterocycles. The second kappa shape index (κ2) is 9.53. The minimum Gasteiger partial charge on any atom is -0.488 e. The third-order valence-corrected chi connectivity index (χ3v) is 6.24. The van der Waals surface area contributed by atoms with Gasteiger partial charge in [-0.1, -0.05) is 13.0 Å². The van der Waals surface area contributed by atoms with E-state index in [2.05, 4.69) is 17.2 Å². The second-order valence-electron chi connectivity index (χ2n) is 10.3. The van der Waals surface area contributed by atoms with Gasteiger partial charge in [-0.25, -0.2) is 4.98 Å². The number of anilines is 1. The van der Waals surface area contributed by atoms with Crippen LogP contribution in [0.15, 0.2) is 36.5 Å². The fourth-order valence-corrected chi connectivity index (χ4v) is 4.23. The van der Waals surface area contributed by atoms with Crippen molar-refractivity contribution in [1.29, 1.82) is 0 Å². The minimum atomic E-state index is -3.17. The number of hydrogen-bond donors (Lipinski definition) is 2. The molecule has 4 rings (SSSR count). The fraction of sp³-hybridized carbons (Fsp3) is 0.500. The minimum absolute atomic E-state index is 0.0155. The Morgan fingerprint density at radius 2 is 1.91 bits per heavy atom. The summed E-state index contributed by atoms with van der Waals surface area (Å²) < 4.78 is 35.2. The van der Waals surface area contributed by atoms with Crippen LogP contribution in [0.3, 0.4) is 0 Å². The Bertz CT molecular complexity index is 1210. The van der Waals surface area contributed by atoms with Gasteiger partial charge in [0.2, 0.25) is 0 Å². The molecular formula is C26H32F2N4O3. The number of benzene rings is 1. The first-order valence-electron chi connectivity index (χ1n) is 11.9. The van der Waals surface area contributed by atoms with E-state index in [0.29, 0.717) is 23.0 Å². The zero-order chi connectivity index (χ0) is 25.4. The maximum Gasteiger partial charge on any atom is 0.287 e. The van der Waals surface area contributed by atoms with Crippen LogP contribution in [0.4, 0.5) is 14.5 Å². The molecule has 2 heterocycles. The number of rotatable bonds is 7. The van der Waals surface area contributed by atoms with Crippen molar-refractivity contribution in [3.05, 3.63) is 47.9 Å². The highest BCUT2D eigenvalue weighted by molar-refractivity contribution is 6.05. The van der Waals surface area contributed by atoms with Gasteiger partial charge in [0.15, 0.2) is 0 Å². The molecule has 3 aromatic rings.